The maximum Gasteiger partial charge on any atom is 0.312 e. The van der Waals surface area contributed by atoms with Gasteiger partial charge in [-0.3, -0.25) is 9.59 Å². The largest absolute Gasteiger partial charge is 0.481 e. The molecule has 0 fully saturated rings. The van der Waals surface area contributed by atoms with Crippen molar-refractivity contribution in [3.05, 3.63) is 29.3 Å². The molecule has 5 heteroatoms. The van der Waals surface area contributed by atoms with E-state index in [-0.39, 0.29) is 0 Å². The zero-order chi connectivity index (χ0) is 10.6. The molecule has 0 atom stereocenters. The summed E-state index contributed by atoms with van der Waals surface area (Å²) in [6, 6.07) is 6.50. The van der Waals surface area contributed by atoms with Crippen LogP contribution in [0.5, 0.6) is 0 Å². The molecule has 0 heterocycles. The lowest BCUT2D eigenvalue weighted by atomic mass is 10.3. The van der Waals surface area contributed by atoms with E-state index < -0.39 is 18.3 Å². The maximum atomic E-state index is 11.0. The molecular weight excluding hydrogens is 206 g/mol. The van der Waals surface area contributed by atoms with E-state index in [1.165, 1.54) is 0 Å². The summed E-state index contributed by atoms with van der Waals surface area (Å²) in [7, 11) is 0. The molecule has 0 bridgehead atoms. The Hall–Kier alpha value is -1.55. The maximum absolute atomic E-state index is 11.0. The first-order valence-corrected chi connectivity index (χ1v) is 4.23. The van der Waals surface area contributed by atoms with Gasteiger partial charge in [-0.2, -0.15) is 0 Å². The number of anilines is 1. The van der Waals surface area contributed by atoms with Crippen LogP contribution in [0.1, 0.15) is 6.42 Å². The SMILES string of the molecule is O=C(O)CC(=O)Nc1cccc(Cl)c1. The van der Waals surface area contributed by atoms with Crippen molar-refractivity contribution in [1.82, 2.24) is 0 Å². The van der Waals surface area contributed by atoms with Gasteiger partial charge < -0.3 is 10.4 Å². The van der Waals surface area contributed by atoms with E-state index in [1.807, 2.05) is 0 Å². The summed E-state index contributed by atoms with van der Waals surface area (Å²) in [6.07, 6.45) is -0.549. The summed E-state index contributed by atoms with van der Waals surface area (Å²) in [5.41, 5.74) is 0.490. The highest BCUT2D eigenvalue weighted by Crippen LogP contribution is 2.14. The number of hydrogen-bond donors (Lipinski definition) is 2. The molecule has 1 aromatic rings. The molecule has 0 aliphatic carbocycles. The predicted octanol–water partition coefficient (Wildman–Crippen LogP) is 1.75. The molecule has 0 aromatic heterocycles. The van der Waals surface area contributed by atoms with Crippen LogP contribution >= 0.6 is 11.6 Å². The number of carboxylic acid groups (broad SMARTS) is 1. The smallest absolute Gasteiger partial charge is 0.312 e. The van der Waals surface area contributed by atoms with Crippen molar-refractivity contribution < 1.29 is 14.7 Å². The number of carbonyl (C=O) groups excluding carboxylic acids is 1. The molecule has 4 nitrogen and oxygen atoms in total. The van der Waals surface area contributed by atoms with E-state index in [1.54, 1.807) is 24.3 Å². The van der Waals surface area contributed by atoms with Crippen LogP contribution in [-0.4, -0.2) is 17.0 Å². The molecule has 2 N–H and O–H groups in total. The summed E-state index contributed by atoms with van der Waals surface area (Å²) >= 11 is 5.67. The molecule has 1 amide bonds. The topological polar surface area (TPSA) is 66.4 Å². The van der Waals surface area contributed by atoms with Gasteiger partial charge in [-0.15, -0.1) is 0 Å². The van der Waals surface area contributed by atoms with Gasteiger partial charge in [-0.05, 0) is 18.2 Å². The molecule has 1 rings (SSSR count). The van der Waals surface area contributed by atoms with Gasteiger partial charge >= 0.3 is 5.97 Å². The molecule has 0 aliphatic rings. The molecule has 74 valence electrons. The van der Waals surface area contributed by atoms with Crippen LogP contribution in [0.4, 0.5) is 5.69 Å². The standard InChI is InChI=1S/C9H8ClNO3/c10-6-2-1-3-7(4-6)11-8(12)5-9(13)14/h1-4H,5H2,(H,11,12)(H,13,14). The lowest BCUT2D eigenvalue weighted by Gasteiger charge is -2.02. The summed E-state index contributed by atoms with van der Waals surface area (Å²) in [4.78, 5) is 21.2. The van der Waals surface area contributed by atoms with Crippen molar-refractivity contribution in [3.8, 4) is 0 Å². The third-order valence-electron chi connectivity index (χ3n) is 1.42. The number of rotatable bonds is 3. The Balaban J connectivity index is 2.60. The van der Waals surface area contributed by atoms with Crippen LogP contribution in [0.15, 0.2) is 24.3 Å². The van der Waals surface area contributed by atoms with Crippen LogP contribution in [-0.2, 0) is 9.59 Å². The molecule has 1 aromatic carbocycles. The average molecular weight is 214 g/mol. The van der Waals surface area contributed by atoms with Gasteiger partial charge in [0.25, 0.3) is 0 Å². The summed E-state index contributed by atoms with van der Waals surface area (Å²) in [6.45, 7) is 0. The highest BCUT2D eigenvalue weighted by molar-refractivity contribution is 6.30. The number of carbonyl (C=O) groups is 2. The quantitative estimate of drug-likeness (QED) is 0.752. The normalized spacial score (nSPS) is 9.50. The van der Waals surface area contributed by atoms with Gasteiger partial charge in [0.15, 0.2) is 0 Å². The third kappa shape index (κ3) is 3.45. The second-order valence-corrected chi connectivity index (χ2v) is 3.07. The Kier molecular flexibility index (Phi) is 3.48. The zero-order valence-electron chi connectivity index (χ0n) is 7.16. The van der Waals surface area contributed by atoms with E-state index in [2.05, 4.69) is 5.32 Å². The number of halogens is 1. The fourth-order valence-electron chi connectivity index (χ4n) is 0.909. The minimum atomic E-state index is -1.16. The Morgan fingerprint density at radius 1 is 1.43 bits per heavy atom. The fourth-order valence-corrected chi connectivity index (χ4v) is 1.10. The second-order valence-electron chi connectivity index (χ2n) is 2.63. The van der Waals surface area contributed by atoms with Gasteiger partial charge in [0.2, 0.25) is 5.91 Å². The number of aliphatic carboxylic acids is 1. The van der Waals surface area contributed by atoms with Crippen molar-refractivity contribution in [2.45, 2.75) is 6.42 Å². The first-order valence-electron chi connectivity index (χ1n) is 3.85. The van der Waals surface area contributed by atoms with Crippen LogP contribution in [0.3, 0.4) is 0 Å². The minimum absolute atomic E-state index is 0.484. The molecule has 0 saturated heterocycles. The van der Waals surface area contributed by atoms with Crippen LogP contribution in [0.25, 0.3) is 0 Å². The summed E-state index contributed by atoms with van der Waals surface area (Å²) < 4.78 is 0. The number of carboxylic acids is 1. The average Bonchev–Trinajstić information content (AvgIpc) is 2.01. The van der Waals surface area contributed by atoms with Crippen molar-refractivity contribution in [2.75, 3.05) is 5.32 Å². The molecule has 0 unspecified atom stereocenters. The van der Waals surface area contributed by atoms with Gasteiger partial charge in [-0.1, -0.05) is 17.7 Å². The zero-order valence-corrected chi connectivity index (χ0v) is 7.91. The van der Waals surface area contributed by atoms with Crippen molar-refractivity contribution in [3.63, 3.8) is 0 Å². The Bertz CT molecular complexity index is 365. The third-order valence-corrected chi connectivity index (χ3v) is 1.66. The fraction of sp³-hybridized carbons (Fsp3) is 0.111. The van der Waals surface area contributed by atoms with Crippen molar-refractivity contribution in [1.29, 1.82) is 0 Å². The van der Waals surface area contributed by atoms with Crippen LogP contribution in [0, 0.1) is 0 Å². The van der Waals surface area contributed by atoms with Crippen LogP contribution < -0.4 is 5.32 Å². The van der Waals surface area contributed by atoms with Gasteiger partial charge in [-0.25, -0.2) is 0 Å². The summed E-state index contributed by atoms with van der Waals surface area (Å²) in [5.74, 6) is -1.73. The molecular formula is C9H8ClNO3. The number of amides is 1. The number of benzene rings is 1. The highest BCUT2D eigenvalue weighted by atomic mass is 35.5. The lowest BCUT2D eigenvalue weighted by molar-refractivity contribution is -0.139. The van der Waals surface area contributed by atoms with E-state index in [9.17, 15) is 9.59 Å². The van der Waals surface area contributed by atoms with Gasteiger partial charge in [0.05, 0.1) is 0 Å². The van der Waals surface area contributed by atoms with E-state index in [4.69, 9.17) is 16.7 Å². The van der Waals surface area contributed by atoms with Gasteiger partial charge in [0.1, 0.15) is 6.42 Å². The molecule has 14 heavy (non-hydrogen) atoms. The Morgan fingerprint density at radius 3 is 2.71 bits per heavy atom. The first-order chi connectivity index (χ1) is 6.58. The Labute approximate surface area is 85.5 Å². The highest BCUT2D eigenvalue weighted by Gasteiger charge is 2.07. The lowest BCUT2D eigenvalue weighted by Crippen LogP contribution is -2.15. The molecule has 0 spiro atoms. The Morgan fingerprint density at radius 2 is 2.14 bits per heavy atom. The second kappa shape index (κ2) is 4.62. The van der Waals surface area contributed by atoms with Crippen molar-refractivity contribution >= 4 is 29.2 Å². The van der Waals surface area contributed by atoms with E-state index in [0.29, 0.717) is 10.7 Å². The number of hydrogen-bond acceptors (Lipinski definition) is 2. The molecule has 0 saturated carbocycles. The van der Waals surface area contributed by atoms with E-state index in [0.717, 1.165) is 0 Å². The monoisotopic (exact) mass is 213 g/mol. The molecule has 0 aliphatic heterocycles. The molecule has 0 radical (unpaired) electrons. The first kappa shape index (κ1) is 10.5. The van der Waals surface area contributed by atoms with Crippen molar-refractivity contribution in [2.24, 2.45) is 0 Å². The van der Waals surface area contributed by atoms with Crippen LogP contribution in [0.2, 0.25) is 5.02 Å². The van der Waals surface area contributed by atoms with E-state index >= 15 is 0 Å². The number of nitrogens with one attached hydrogen (secondary N) is 1. The predicted molar refractivity (Wildman–Crippen MR) is 52.3 cm³/mol. The summed E-state index contributed by atoms with van der Waals surface area (Å²) in [5, 5.41) is 11.2. The van der Waals surface area contributed by atoms with Gasteiger partial charge in [0, 0.05) is 10.7 Å². The minimum Gasteiger partial charge on any atom is -0.481 e.